The lowest BCUT2D eigenvalue weighted by Gasteiger charge is -1.69. The lowest BCUT2D eigenvalue weighted by Crippen LogP contribution is -1.47. The molecule has 0 radical (unpaired) electrons. The highest BCUT2D eigenvalue weighted by atomic mass is 16.2. The van der Waals surface area contributed by atoms with Crippen LogP contribution in [0, 0.1) is 0 Å². The summed E-state index contributed by atoms with van der Waals surface area (Å²) in [6.45, 7) is 4.25. The van der Waals surface area contributed by atoms with Crippen LogP contribution >= 0.6 is 0 Å². The molecule has 2 aromatic rings. The molecule has 0 fully saturated rings. The Kier molecular flexibility index (Phi) is 64.6. The fraction of sp³-hybridized carbons (Fsp3) is 0.368. The lowest BCUT2D eigenvalue weighted by molar-refractivity contribution is 0.399. The number of hydrogen-bond donors (Lipinski definition) is 2. The van der Waals surface area contributed by atoms with Crippen molar-refractivity contribution in [1.29, 1.82) is 0 Å². The molecule has 0 spiro atoms. The molecule has 2 nitrogen and oxygen atoms in total. The molecule has 0 saturated carbocycles. The van der Waals surface area contributed by atoms with Gasteiger partial charge in [0, 0.05) is 14.2 Å². The van der Waals surface area contributed by atoms with E-state index in [1.54, 1.807) is 0 Å². The number of rotatable bonds is 0. The van der Waals surface area contributed by atoms with E-state index in [0.717, 1.165) is 14.2 Å². The highest BCUT2D eigenvalue weighted by Crippen LogP contribution is 1.80. The molecule has 0 aliphatic heterocycles. The van der Waals surface area contributed by atoms with Crippen LogP contribution in [-0.2, 0) is 0 Å². The van der Waals surface area contributed by atoms with Gasteiger partial charge >= 0.3 is 0 Å². The smallest absolute Gasteiger partial charge is 0.0319 e. The van der Waals surface area contributed by atoms with Gasteiger partial charge in [0.1, 0.15) is 0 Å². The van der Waals surface area contributed by atoms with Gasteiger partial charge in [0.2, 0.25) is 0 Å². The summed E-state index contributed by atoms with van der Waals surface area (Å²) in [6, 6.07) is 24.0. The van der Waals surface area contributed by atoms with E-state index in [1.165, 1.54) is 6.42 Å². The average molecular weight is 296 g/mol. The fourth-order valence-electron chi connectivity index (χ4n) is 0.770. The topological polar surface area (TPSA) is 40.5 Å². The van der Waals surface area contributed by atoms with Crippen molar-refractivity contribution in [1.82, 2.24) is 0 Å². The Morgan fingerprint density at radius 1 is 0.429 bits per heavy atom. The van der Waals surface area contributed by atoms with E-state index in [9.17, 15) is 0 Å². The molecular weight excluding hydrogens is 260 g/mol. The van der Waals surface area contributed by atoms with Crippen LogP contribution in [0.4, 0.5) is 0 Å². The second-order valence-corrected chi connectivity index (χ2v) is 3.02. The Morgan fingerprint density at radius 2 is 0.476 bits per heavy atom. The molecule has 21 heavy (non-hydrogen) atoms. The lowest BCUT2D eigenvalue weighted by atomic mass is 10.4. The molecule has 0 atom stereocenters. The number of hydrogen-bond acceptors (Lipinski definition) is 2. The van der Waals surface area contributed by atoms with Gasteiger partial charge in [-0.15, -0.1) is 0 Å². The van der Waals surface area contributed by atoms with Crippen molar-refractivity contribution in [2.75, 3.05) is 14.2 Å². The predicted octanol–water partition coefficient (Wildman–Crippen LogP) is 5.28. The molecule has 0 unspecified atom stereocenters. The first kappa shape index (κ1) is 31.6. The summed E-state index contributed by atoms with van der Waals surface area (Å²) < 4.78 is 0. The van der Waals surface area contributed by atoms with E-state index in [4.69, 9.17) is 10.2 Å². The van der Waals surface area contributed by atoms with Crippen molar-refractivity contribution < 1.29 is 10.2 Å². The van der Waals surface area contributed by atoms with Crippen molar-refractivity contribution in [3.05, 3.63) is 72.8 Å². The van der Waals surface area contributed by atoms with E-state index in [0.29, 0.717) is 0 Å². The molecule has 0 heterocycles. The Bertz CT molecular complexity index is 198. The summed E-state index contributed by atoms with van der Waals surface area (Å²) in [5, 5.41) is 14.0. The summed E-state index contributed by atoms with van der Waals surface area (Å²) in [6.07, 6.45) is 1.25. The van der Waals surface area contributed by atoms with E-state index >= 15 is 0 Å². The first-order valence-electron chi connectivity index (χ1n) is 6.31. The average Bonchev–Trinajstić information content (AvgIpc) is 2.56. The van der Waals surface area contributed by atoms with Gasteiger partial charge in [0.05, 0.1) is 0 Å². The van der Waals surface area contributed by atoms with Crippen molar-refractivity contribution in [2.24, 2.45) is 0 Å². The zero-order chi connectivity index (χ0) is 15.2. The van der Waals surface area contributed by atoms with Crippen molar-refractivity contribution in [2.45, 2.75) is 35.1 Å². The first-order valence-corrected chi connectivity index (χ1v) is 6.31. The van der Waals surface area contributed by atoms with Gasteiger partial charge in [-0.2, -0.15) is 0 Å². The van der Waals surface area contributed by atoms with Crippen molar-refractivity contribution in [3.8, 4) is 0 Å². The van der Waals surface area contributed by atoms with Crippen LogP contribution in [0.25, 0.3) is 0 Å². The maximum Gasteiger partial charge on any atom is 0.0319 e. The van der Waals surface area contributed by atoms with Gasteiger partial charge in [0.15, 0.2) is 0 Å². The minimum Gasteiger partial charge on any atom is -0.400 e. The van der Waals surface area contributed by atoms with Gasteiger partial charge in [-0.05, 0) is 0 Å². The highest BCUT2D eigenvalue weighted by molar-refractivity contribution is 4.99. The highest BCUT2D eigenvalue weighted by Gasteiger charge is 1.58. The number of benzene rings is 2. The largest absolute Gasteiger partial charge is 0.400 e. The standard InChI is InChI=1S/2C6H6.C3H8.2CH4O.2CH4/c2*1-2-4-6-5-3-1;1-3-2;2*1-2;;/h2*1-6H;3H2,1-2H3;2*2H,1H3;2*1H4. The maximum atomic E-state index is 7.00. The second-order valence-electron chi connectivity index (χ2n) is 3.02. The molecule has 2 N–H and O–H groups in total. The normalized spacial score (nSPS) is 6.00. The van der Waals surface area contributed by atoms with Crippen LogP contribution in [0.15, 0.2) is 72.8 Å². The summed E-state index contributed by atoms with van der Waals surface area (Å²) in [4.78, 5) is 0. The molecule has 2 aromatic carbocycles. The predicted molar refractivity (Wildman–Crippen MR) is 98.6 cm³/mol. The summed E-state index contributed by atoms with van der Waals surface area (Å²) in [7, 11) is 2.00. The molecule has 0 aromatic heterocycles. The summed E-state index contributed by atoms with van der Waals surface area (Å²) >= 11 is 0. The van der Waals surface area contributed by atoms with Crippen LogP contribution in [0.2, 0.25) is 0 Å². The van der Waals surface area contributed by atoms with Crippen LogP contribution in [-0.4, -0.2) is 24.4 Å². The molecule has 2 rings (SSSR count). The molecule has 124 valence electrons. The molecule has 0 saturated heterocycles. The molecule has 0 amide bonds. The zero-order valence-electron chi connectivity index (χ0n) is 12.5. The molecule has 0 bridgehead atoms. The summed E-state index contributed by atoms with van der Waals surface area (Å²) in [5.74, 6) is 0. The van der Waals surface area contributed by atoms with Gasteiger partial charge in [-0.3, -0.25) is 0 Å². The fourth-order valence-corrected chi connectivity index (χ4v) is 0.770. The van der Waals surface area contributed by atoms with E-state index in [-0.39, 0.29) is 14.9 Å². The monoisotopic (exact) mass is 296 g/mol. The van der Waals surface area contributed by atoms with Crippen LogP contribution in [0.5, 0.6) is 0 Å². The minimum atomic E-state index is 0. The van der Waals surface area contributed by atoms with Crippen molar-refractivity contribution in [3.63, 3.8) is 0 Å². The van der Waals surface area contributed by atoms with Crippen molar-refractivity contribution >= 4 is 0 Å². The molecule has 0 aliphatic carbocycles. The third kappa shape index (κ3) is 45.8. The Morgan fingerprint density at radius 3 is 0.524 bits per heavy atom. The summed E-state index contributed by atoms with van der Waals surface area (Å²) in [5.41, 5.74) is 0. The van der Waals surface area contributed by atoms with Crippen LogP contribution < -0.4 is 0 Å². The van der Waals surface area contributed by atoms with Gasteiger partial charge in [0.25, 0.3) is 0 Å². The van der Waals surface area contributed by atoms with E-state index in [2.05, 4.69) is 13.8 Å². The molecular formula is C19H36O2. The number of aliphatic hydroxyl groups excluding tert-OH is 2. The minimum absolute atomic E-state index is 0. The van der Waals surface area contributed by atoms with Gasteiger partial charge in [-0.25, -0.2) is 0 Å². The SMILES string of the molecule is C.C.CCC.CO.CO.c1ccccc1.c1ccccc1. The third-order valence-electron chi connectivity index (χ3n) is 1.33. The molecule has 2 heteroatoms. The Balaban J connectivity index is -0.0000000542. The maximum absolute atomic E-state index is 7.00. The second kappa shape index (κ2) is 42.9. The van der Waals surface area contributed by atoms with E-state index < -0.39 is 0 Å². The van der Waals surface area contributed by atoms with Crippen LogP contribution in [0.1, 0.15) is 35.1 Å². The quantitative estimate of drug-likeness (QED) is 0.694. The van der Waals surface area contributed by atoms with E-state index in [1.807, 2.05) is 72.8 Å². The van der Waals surface area contributed by atoms with Crippen LogP contribution in [0.3, 0.4) is 0 Å². The van der Waals surface area contributed by atoms with Gasteiger partial charge in [-0.1, -0.05) is 108 Å². The first-order chi connectivity index (χ1) is 9.41. The number of aliphatic hydroxyl groups is 2. The Hall–Kier alpha value is -1.64. The van der Waals surface area contributed by atoms with Gasteiger partial charge < -0.3 is 10.2 Å². The third-order valence-corrected chi connectivity index (χ3v) is 1.33. The molecule has 0 aliphatic rings. The zero-order valence-corrected chi connectivity index (χ0v) is 12.5. The Labute approximate surface area is 133 Å².